The molecule has 1 aromatic rings. The fourth-order valence-electron chi connectivity index (χ4n) is 1.20. The first kappa shape index (κ1) is 12.0. The number of rotatable bonds is 6. The summed E-state index contributed by atoms with van der Waals surface area (Å²) in [5.74, 6) is -0.764. The Morgan fingerprint density at radius 2 is 2.31 bits per heavy atom. The molecular weight excluding hydrogens is 206 g/mol. The van der Waals surface area contributed by atoms with Crippen molar-refractivity contribution in [1.82, 2.24) is 4.98 Å². The maximum absolute atomic E-state index is 10.2. The fraction of sp³-hybridized carbons (Fsp3) is 0.364. The van der Waals surface area contributed by atoms with Crippen molar-refractivity contribution in [2.24, 2.45) is 0 Å². The highest BCUT2D eigenvalue weighted by Crippen LogP contribution is 2.06. The van der Waals surface area contributed by atoms with E-state index >= 15 is 0 Å². The molecule has 5 heteroatoms. The molecule has 1 aromatic heterocycles. The van der Waals surface area contributed by atoms with Crippen LogP contribution >= 0.6 is 0 Å². The summed E-state index contributed by atoms with van der Waals surface area (Å²) in [7, 11) is 0. The summed E-state index contributed by atoms with van der Waals surface area (Å²) in [5, 5.41) is 20.1. The van der Waals surface area contributed by atoms with Gasteiger partial charge in [-0.2, -0.15) is 5.26 Å². The summed E-state index contributed by atoms with van der Waals surface area (Å²) in [6, 6.07) is 5.36. The number of nitrogens with one attached hydrogen (secondary N) is 1. The van der Waals surface area contributed by atoms with E-state index in [-0.39, 0.29) is 6.42 Å². The van der Waals surface area contributed by atoms with Crippen LogP contribution in [0.1, 0.15) is 25.0 Å². The number of carbonyl (C=O) groups is 1. The van der Waals surface area contributed by atoms with E-state index in [0.29, 0.717) is 18.7 Å². The van der Waals surface area contributed by atoms with E-state index < -0.39 is 5.97 Å². The Hall–Kier alpha value is -2.09. The predicted molar refractivity (Wildman–Crippen MR) is 58.9 cm³/mol. The molecule has 84 valence electrons. The number of aromatic nitrogens is 1. The van der Waals surface area contributed by atoms with Gasteiger partial charge in [-0.15, -0.1) is 0 Å². The van der Waals surface area contributed by atoms with Gasteiger partial charge in [0.15, 0.2) is 0 Å². The average Bonchev–Trinajstić information content (AvgIpc) is 2.29. The maximum Gasteiger partial charge on any atom is 0.303 e. The molecule has 0 bridgehead atoms. The lowest BCUT2D eigenvalue weighted by Crippen LogP contribution is -2.03. The zero-order valence-corrected chi connectivity index (χ0v) is 8.81. The second-order valence-corrected chi connectivity index (χ2v) is 3.32. The van der Waals surface area contributed by atoms with Crippen LogP contribution in [0.5, 0.6) is 0 Å². The van der Waals surface area contributed by atoms with E-state index in [2.05, 4.69) is 10.3 Å². The lowest BCUT2D eigenvalue weighted by Gasteiger charge is -2.04. The maximum atomic E-state index is 10.2. The Labute approximate surface area is 93.7 Å². The summed E-state index contributed by atoms with van der Waals surface area (Å²) in [5.41, 5.74) is 1.23. The first-order chi connectivity index (χ1) is 7.72. The number of carboxylic acid groups (broad SMARTS) is 1. The molecule has 0 aromatic carbocycles. The van der Waals surface area contributed by atoms with Gasteiger partial charge in [-0.1, -0.05) is 0 Å². The van der Waals surface area contributed by atoms with Crippen LogP contribution in [0, 0.1) is 11.3 Å². The molecule has 0 aliphatic carbocycles. The molecule has 1 rings (SSSR count). The third-order valence-electron chi connectivity index (χ3n) is 2.02. The molecule has 0 amide bonds. The minimum Gasteiger partial charge on any atom is -0.481 e. The van der Waals surface area contributed by atoms with Crippen molar-refractivity contribution in [1.29, 1.82) is 5.26 Å². The van der Waals surface area contributed by atoms with E-state index in [9.17, 15) is 4.79 Å². The van der Waals surface area contributed by atoms with Crippen molar-refractivity contribution in [3.05, 3.63) is 24.0 Å². The van der Waals surface area contributed by atoms with Crippen molar-refractivity contribution in [3.63, 3.8) is 0 Å². The molecule has 16 heavy (non-hydrogen) atoms. The first-order valence-electron chi connectivity index (χ1n) is 5.04. The summed E-state index contributed by atoms with van der Waals surface area (Å²) in [4.78, 5) is 14.1. The Kier molecular flexibility index (Phi) is 4.80. The quantitative estimate of drug-likeness (QED) is 0.710. The molecule has 0 saturated carbocycles. The van der Waals surface area contributed by atoms with E-state index in [4.69, 9.17) is 10.4 Å². The molecule has 0 aliphatic rings. The summed E-state index contributed by atoms with van der Waals surface area (Å²) in [6.45, 7) is 0.709. The molecule has 0 unspecified atom stereocenters. The summed E-state index contributed by atoms with van der Waals surface area (Å²) < 4.78 is 0. The second-order valence-electron chi connectivity index (χ2n) is 3.32. The predicted octanol–water partition coefficient (Wildman–Crippen LogP) is 1.62. The zero-order chi connectivity index (χ0) is 11.8. The third kappa shape index (κ3) is 4.42. The van der Waals surface area contributed by atoms with Crippen LogP contribution in [-0.4, -0.2) is 22.6 Å². The average molecular weight is 219 g/mol. The van der Waals surface area contributed by atoms with Crippen LogP contribution in [0.3, 0.4) is 0 Å². The standard InChI is InChI=1S/C11H13N3O2/c12-7-9-4-5-10(8-14-9)13-6-2-1-3-11(15)16/h4-5,8,13H,1-3,6H2,(H,15,16). The van der Waals surface area contributed by atoms with Gasteiger partial charge in [0.2, 0.25) is 0 Å². The number of nitrogens with zero attached hydrogens (tertiary/aromatic N) is 2. The van der Waals surface area contributed by atoms with Crippen molar-refractivity contribution < 1.29 is 9.90 Å². The molecule has 1 heterocycles. The number of hydrogen-bond acceptors (Lipinski definition) is 4. The molecule has 0 fully saturated rings. The lowest BCUT2D eigenvalue weighted by molar-refractivity contribution is -0.137. The topological polar surface area (TPSA) is 86.0 Å². The van der Waals surface area contributed by atoms with Crippen LogP contribution in [0.4, 0.5) is 5.69 Å². The van der Waals surface area contributed by atoms with Crippen LogP contribution in [0.2, 0.25) is 0 Å². The summed E-state index contributed by atoms with van der Waals surface area (Å²) >= 11 is 0. The minimum atomic E-state index is -0.764. The third-order valence-corrected chi connectivity index (χ3v) is 2.02. The van der Waals surface area contributed by atoms with E-state index in [1.54, 1.807) is 18.3 Å². The highest BCUT2D eigenvalue weighted by molar-refractivity contribution is 5.66. The van der Waals surface area contributed by atoms with Gasteiger partial charge in [0.1, 0.15) is 11.8 Å². The van der Waals surface area contributed by atoms with Crippen LogP contribution in [0.15, 0.2) is 18.3 Å². The molecule has 0 spiro atoms. The smallest absolute Gasteiger partial charge is 0.303 e. The Morgan fingerprint density at radius 1 is 1.50 bits per heavy atom. The monoisotopic (exact) mass is 219 g/mol. The Morgan fingerprint density at radius 3 is 2.88 bits per heavy atom. The highest BCUT2D eigenvalue weighted by Gasteiger charge is 1.97. The number of nitriles is 1. The molecule has 5 nitrogen and oxygen atoms in total. The Balaban J connectivity index is 2.22. The highest BCUT2D eigenvalue weighted by atomic mass is 16.4. The van der Waals surface area contributed by atoms with Crippen molar-refractivity contribution in [3.8, 4) is 6.07 Å². The van der Waals surface area contributed by atoms with Crippen molar-refractivity contribution in [2.45, 2.75) is 19.3 Å². The number of hydrogen-bond donors (Lipinski definition) is 2. The fourth-order valence-corrected chi connectivity index (χ4v) is 1.20. The molecule has 0 radical (unpaired) electrons. The van der Waals surface area contributed by atoms with E-state index in [1.165, 1.54) is 0 Å². The molecule has 2 N–H and O–H groups in total. The van der Waals surface area contributed by atoms with E-state index in [0.717, 1.165) is 12.1 Å². The molecule has 0 atom stereocenters. The number of unbranched alkanes of at least 4 members (excludes halogenated alkanes) is 1. The number of carboxylic acids is 1. The van der Waals surface area contributed by atoms with Gasteiger partial charge in [-0.25, -0.2) is 4.98 Å². The van der Waals surface area contributed by atoms with Gasteiger partial charge in [0.25, 0.3) is 0 Å². The summed E-state index contributed by atoms with van der Waals surface area (Å²) in [6.07, 6.45) is 3.25. The van der Waals surface area contributed by atoms with E-state index in [1.807, 2.05) is 6.07 Å². The number of anilines is 1. The first-order valence-corrected chi connectivity index (χ1v) is 5.04. The Bertz CT molecular complexity index is 381. The zero-order valence-electron chi connectivity index (χ0n) is 8.81. The minimum absolute atomic E-state index is 0.202. The van der Waals surface area contributed by atoms with Gasteiger partial charge < -0.3 is 10.4 Å². The van der Waals surface area contributed by atoms with Gasteiger partial charge in [0, 0.05) is 13.0 Å². The molecular formula is C11H13N3O2. The SMILES string of the molecule is N#Cc1ccc(NCCCCC(=O)O)cn1. The van der Waals surface area contributed by atoms with Crippen LogP contribution < -0.4 is 5.32 Å². The number of pyridine rings is 1. The lowest BCUT2D eigenvalue weighted by atomic mass is 10.2. The number of aliphatic carboxylic acids is 1. The van der Waals surface area contributed by atoms with Crippen LogP contribution in [-0.2, 0) is 4.79 Å². The largest absolute Gasteiger partial charge is 0.481 e. The molecule has 0 aliphatic heterocycles. The van der Waals surface area contributed by atoms with Gasteiger partial charge in [0.05, 0.1) is 11.9 Å². The van der Waals surface area contributed by atoms with Crippen molar-refractivity contribution >= 4 is 11.7 Å². The van der Waals surface area contributed by atoms with Gasteiger partial charge in [-0.3, -0.25) is 4.79 Å². The van der Waals surface area contributed by atoms with Gasteiger partial charge in [-0.05, 0) is 25.0 Å². The molecule has 0 saturated heterocycles. The second kappa shape index (κ2) is 6.40. The van der Waals surface area contributed by atoms with Crippen molar-refractivity contribution in [2.75, 3.05) is 11.9 Å². The van der Waals surface area contributed by atoms with Gasteiger partial charge >= 0.3 is 5.97 Å². The van der Waals surface area contributed by atoms with Crippen LogP contribution in [0.25, 0.3) is 0 Å². The normalized spacial score (nSPS) is 9.44.